The van der Waals surface area contributed by atoms with Gasteiger partial charge in [0.15, 0.2) is 6.29 Å². The molecule has 2 rings (SSSR count). The number of nitrogens with zero attached hydrogens (tertiary/aromatic N) is 1. The molecule has 0 saturated carbocycles. The van der Waals surface area contributed by atoms with E-state index in [0.717, 1.165) is 17.5 Å². The molecule has 1 aromatic carbocycles. The van der Waals surface area contributed by atoms with Crippen LogP contribution >= 0.6 is 11.6 Å². The molecule has 2 aromatic rings. The number of aromatic nitrogens is 1. The molecule has 1 aromatic heterocycles. The van der Waals surface area contributed by atoms with E-state index in [1.54, 1.807) is 6.07 Å². The standard InChI is InChI=1S/C12H10ClNO/c1-14-11(8-15)5-6-12(14)9-3-2-4-10(13)7-9/h2-8H,1H3. The molecule has 0 aliphatic heterocycles. The van der Waals surface area contributed by atoms with Crippen LogP contribution in [-0.4, -0.2) is 10.9 Å². The van der Waals surface area contributed by atoms with E-state index >= 15 is 0 Å². The lowest BCUT2D eigenvalue weighted by atomic mass is 10.1. The van der Waals surface area contributed by atoms with Crippen LogP contribution in [0.5, 0.6) is 0 Å². The summed E-state index contributed by atoms with van der Waals surface area (Å²) >= 11 is 5.91. The Morgan fingerprint density at radius 2 is 2.07 bits per heavy atom. The average molecular weight is 220 g/mol. The zero-order valence-corrected chi connectivity index (χ0v) is 9.03. The fraction of sp³-hybridized carbons (Fsp3) is 0.0833. The molecule has 0 aliphatic carbocycles. The third kappa shape index (κ3) is 1.81. The van der Waals surface area contributed by atoms with Crippen LogP contribution in [0, 0.1) is 0 Å². The minimum absolute atomic E-state index is 0.657. The molecule has 0 bridgehead atoms. The number of hydrogen-bond acceptors (Lipinski definition) is 1. The van der Waals surface area contributed by atoms with E-state index in [1.807, 2.05) is 41.9 Å². The maximum atomic E-state index is 10.7. The lowest BCUT2D eigenvalue weighted by Crippen LogP contribution is -1.96. The molecule has 0 N–H and O–H groups in total. The van der Waals surface area contributed by atoms with Gasteiger partial charge >= 0.3 is 0 Å². The second-order valence-corrected chi connectivity index (χ2v) is 3.77. The maximum absolute atomic E-state index is 10.7. The summed E-state index contributed by atoms with van der Waals surface area (Å²) in [6.07, 6.45) is 0.841. The van der Waals surface area contributed by atoms with Crippen LogP contribution in [0.25, 0.3) is 11.3 Å². The molecule has 3 heteroatoms. The second-order valence-electron chi connectivity index (χ2n) is 3.33. The van der Waals surface area contributed by atoms with Gasteiger partial charge in [-0.1, -0.05) is 23.7 Å². The summed E-state index contributed by atoms with van der Waals surface area (Å²) in [5.41, 5.74) is 2.66. The molecule has 2 nitrogen and oxygen atoms in total. The van der Waals surface area contributed by atoms with E-state index in [4.69, 9.17) is 11.6 Å². The number of carbonyl (C=O) groups excluding carboxylic acids is 1. The molecule has 0 spiro atoms. The number of benzene rings is 1. The molecule has 0 aliphatic rings. The second kappa shape index (κ2) is 3.91. The summed E-state index contributed by atoms with van der Waals surface area (Å²) in [5, 5.41) is 0.696. The predicted molar refractivity (Wildman–Crippen MR) is 61.2 cm³/mol. The summed E-state index contributed by atoms with van der Waals surface area (Å²) in [5.74, 6) is 0. The SMILES string of the molecule is Cn1c(C=O)ccc1-c1cccc(Cl)c1. The van der Waals surface area contributed by atoms with E-state index in [9.17, 15) is 4.79 Å². The van der Waals surface area contributed by atoms with Crippen molar-refractivity contribution in [3.63, 3.8) is 0 Å². The van der Waals surface area contributed by atoms with Crippen molar-refractivity contribution in [2.45, 2.75) is 0 Å². The number of aldehydes is 1. The first kappa shape index (κ1) is 9.99. The Morgan fingerprint density at radius 3 is 2.67 bits per heavy atom. The van der Waals surface area contributed by atoms with E-state index in [-0.39, 0.29) is 0 Å². The van der Waals surface area contributed by atoms with Crippen LogP contribution < -0.4 is 0 Å². The monoisotopic (exact) mass is 219 g/mol. The van der Waals surface area contributed by atoms with Gasteiger partial charge in [-0.15, -0.1) is 0 Å². The Morgan fingerprint density at radius 1 is 1.27 bits per heavy atom. The summed E-state index contributed by atoms with van der Waals surface area (Å²) < 4.78 is 1.85. The van der Waals surface area contributed by atoms with E-state index in [1.165, 1.54) is 0 Å². The van der Waals surface area contributed by atoms with Gasteiger partial charge in [-0.25, -0.2) is 0 Å². The quantitative estimate of drug-likeness (QED) is 0.712. The van der Waals surface area contributed by atoms with Gasteiger partial charge in [0.25, 0.3) is 0 Å². The Hall–Kier alpha value is -1.54. The number of halogens is 1. The number of rotatable bonds is 2. The minimum Gasteiger partial charge on any atom is -0.341 e. The van der Waals surface area contributed by atoms with Gasteiger partial charge in [0.1, 0.15) is 0 Å². The number of carbonyl (C=O) groups is 1. The molecule has 0 amide bonds. The van der Waals surface area contributed by atoms with E-state index in [0.29, 0.717) is 10.7 Å². The van der Waals surface area contributed by atoms with E-state index < -0.39 is 0 Å². The van der Waals surface area contributed by atoms with Crippen LogP contribution in [0.15, 0.2) is 36.4 Å². The van der Waals surface area contributed by atoms with Gasteiger partial charge in [0.2, 0.25) is 0 Å². The predicted octanol–water partition coefficient (Wildman–Crippen LogP) is 3.16. The van der Waals surface area contributed by atoms with Gasteiger partial charge in [0.05, 0.1) is 5.69 Å². The van der Waals surface area contributed by atoms with Crippen molar-refractivity contribution in [3.8, 4) is 11.3 Å². The van der Waals surface area contributed by atoms with E-state index in [2.05, 4.69) is 0 Å². The summed E-state index contributed by atoms with van der Waals surface area (Å²) in [4.78, 5) is 10.7. The largest absolute Gasteiger partial charge is 0.341 e. The van der Waals surface area contributed by atoms with Crippen molar-refractivity contribution in [2.24, 2.45) is 7.05 Å². The maximum Gasteiger partial charge on any atom is 0.166 e. The van der Waals surface area contributed by atoms with Crippen molar-refractivity contribution in [1.29, 1.82) is 0 Å². The zero-order valence-electron chi connectivity index (χ0n) is 8.27. The van der Waals surface area contributed by atoms with Crippen molar-refractivity contribution < 1.29 is 4.79 Å². The smallest absolute Gasteiger partial charge is 0.166 e. The Labute approximate surface area is 93.1 Å². The third-order valence-corrected chi connectivity index (χ3v) is 2.64. The van der Waals surface area contributed by atoms with Crippen molar-refractivity contribution in [2.75, 3.05) is 0 Å². The molecule has 0 unspecified atom stereocenters. The highest BCUT2D eigenvalue weighted by molar-refractivity contribution is 6.30. The van der Waals surface area contributed by atoms with Gasteiger partial charge in [0, 0.05) is 17.8 Å². The fourth-order valence-electron chi connectivity index (χ4n) is 1.58. The topological polar surface area (TPSA) is 22.0 Å². The lowest BCUT2D eigenvalue weighted by molar-refractivity contribution is 0.111. The zero-order chi connectivity index (χ0) is 10.8. The van der Waals surface area contributed by atoms with Gasteiger partial charge in [-0.2, -0.15) is 0 Å². The average Bonchev–Trinajstić information content (AvgIpc) is 2.59. The molecular weight excluding hydrogens is 210 g/mol. The van der Waals surface area contributed by atoms with Gasteiger partial charge < -0.3 is 4.57 Å². The first-order valence-corrected chi connectivity index (χ1v) is 4.97. The molecular formula is C12H10ClNO. The van der Waals surface area contributed by atoms with Crippen LogP contribution in [0.4, 0.5) is 0 Å². The Balaban J connectivity index is 2.54. The van der Waals surface area contributed by atoms with Crippen LogP contribution in [0.1, 0.15) is 10.5 Å². The first-order valence-electron chi connectivity index (χ1n) is 4.59. The van der Waals surface area contributed by atoms with Crippen LogP contribution in [0.3, 0.4) is 0 Å². The minimum atomic E-state index is 0.657. The third-order valence-electron chi connectivity index (χ3n) is 2.40. The number of hydrogen-bond donors (Lipinski definition) is 0. The summed E-state index contributed by atoms with van der Waals surface area (Å²) in [7, 11) is 1.86. The molecule has 0 radical (unpaired) electrons. The van der Waals surface area contributed by atoms with Crippen molar-refractivity contribution in [3.05, 3.63) is 47.1 Å². The molecule has 15 heavy (non-hydrogen) atoms. The Bertz CT molecular complexity index is 502. The van der Waals surface area contributed by atoms with Crippen molar-refractivity contribution >= 4 is 17.9 Å². The van der Waals surface area contributed by atoms with Crippen LogP contribution in [0.2, 0.25) is 5.02 Å². The normalized spacial score (nSPS) is 10.3. The molecule has 0 fully saturated rings. The van der Waals surface area contributed by atoms with Gasteiger partial charge in [-0.05, 0) is 29.8 Å². The molecule has 0 atom stereocenters. The fourth-order valence-corrected chi connectivity index (χ4v) is 1.77. The summed E-state index contributed by atoms with van der Waals surface area (Å²) in [6, 6.07) is 11.3. The van der Waals surface area contributed by atoms with Crippen molar-refractivity contribution in [1.82, 2.24) is 4.57 Å². The lowest BCUT2D eigenvalue weighted by Gasteiger charge is -2.04. The molecule has 76 valence electrons. The molecule has 1 heterocycles. The molecule has 0 saturated heterocycles. The summed E-state index contributed by atoms with van der Waals surface area (Å²) in [6.45, 7) is 0. The van der Waals surface area contributed by atoms with Crippen LogP contribution in [-0.2, 0) is 7.05 Å². The highest BCUT2D eigenvalue weighted by atomic mass is 35.5. The first-order chi connectivity index (χ1) is 7.22. The van der Waals surface area contributed by atoms with Gasteiger partial charge in [-0.3, -0.25) is 4.79 Å². The highest BCUT2D eigenvalue weighted by Crippen LogP contribution is 2.23. The Kier molecular flexibility index (Phi) is 2.60. The highest BCUT2D eigenvalue weighted by Gasteiger charge is 2.05.